The molecule has 0 fully saturated rings. The molecular weight excluding hydrogens is 371 g/mol. The van der Waals surface area contributed by atoms with Crippen LogP contribution in [0.2, 0.25) is 0 Å². The molecule has 0 bridgehead atoms. The molecule has 7 heteroatoms. The van der Waals surface area contributed by atoms with Crippen LogP contribution in [-0.4, -0.2) is 26.9 Å². The Hall–Kier alpha value is -3.74. The van der Waals surface area contributed by atoms with Gasteiger partial charge in [0.1, 0.15) is 23.5 Å². The number of carbonyl (C=O) groups is 1. The number of nitrogens with two attached hydrogens (primary N) is 1. The summed E-state index contributed by atoms with van der Waals surface area (Å²) in [7, 11) is 0. The summed E-state index contributed by atoms with van der Waals surface area (Å²) in [5, 5.41) is 0.848. The highest BCUT2D eigenvalue weighted by Gasteiger charge is 2.33. The Labute approximate surface area is 165 Å². The molecule has 1 aliphatic heterocycles. The molecule has 4 aromatic rings. The average Bonchev–Trinajstić information content (AvgIpc) is 3.05. The van der Waals surface area contributed by atoms with E-state index in [1.54, 1.807) is 6.07 Å². The van der Waals surface area contributed by atoms with Crippen LogP contribution in [0.15, 0.2) is 61.1 Å². The predicted octanol–water partition coefficient (Wildman–Crippen LogP) is 3.89. The van der Waals surface area contributed by atoms with E-state index in [0.717, 1.165) is 16.6 Å². The van der Waals surface area contributed by atoms with E-state index in [1.807, 2.05) is 47.2 Å². The molecule has 0 aliphatic carbocycles. The fourth-order valence-electron chi connectivity index (χ4n) is 3.85. The lowest BCUT2D eigenvalue weighted by molar-refractivity contribution is 0.0957. The Morgan fingerprint density at radius 1 is 1.14 bits per heavy atom. The van der Waals surface area contributed by atoms with E-state index in [0.29, 0.717) is 12.0 Å². The molecule has 0 saturated heterocycles. The third kappa shape index (κ3) is 2.82. The zero-order valence-electron chi connectivity index (χ0n) is 15.4. The number of fused-ring (bicyclic) bond motifs is 2. The maximum atomic E-state index is 15.2. The second-order valence-corrected chi connectivity index (χ2v) is 6.95. The number of anilines is 1. The van der Waals surface area contributed by atoms with Gasteiger partial charge in [-0.3, -0.25) is 4.79 Å². The van der Waals surface area contributed by atoms with Crippen molar-refractivity contribution in [2.75, 3.05) is 12.3 Å². The summed E-state index contributed by atoms with van der Waals surface area (Å²) < 4.78 is 22.7. The van der Waals surface area contributed by atoms with Crippen LogP contribution in [0.3, 0.4) is 0 Å². The van der Waals surface area contributed by atoms with Gasteiger partial charge in [-0.05, 0) is 42.3 Å². The first-order chi connectivity index (χ1) is 14.1. The molecule has 1 atom stereocenters. The SMILES string of the molecule is Nc1ncnc2c1C(=O)C(c1cc3ccn(-c4ccccc4)c3cc1F)CCO2. The Morgan fingerprint density at radius 3 is 2.79 bits per heavy atom. The largest absolute Gasteiger partial charge is 0.477 e. The van der Waals surface area contributed by atoms with E-state index in [-0.39, 0.29) is 29.7 Å². The summed E-state index contributed by atoms with van der Waals surface area (Å²) in [6, 6.07) is 14.8. The molecule has 2 N–H and O–H groups in total. The van der Waals surface area contributed by atoms with Crippen molar-refractivity contribution in [2.45, 2.75) is 12.3 Å². The highest BCUT2D eigenvalue weighted by Crippen LogP contribution is 2.36. The number of para-hydroxylation sites is 1. The van der Waals surface area contributed by atoms with Crippen LogP contribution in [0.4, 0.5) is 10.2 Å². The molecule has 0 radical (unpaired) electrons. The van der Waals surface area contributed by atoms with Crippen LogP contribution in [0.25, 0.3) is 16.6 Å². The number of nitrogens with zero attached hydrogens (tertiary/aromatic N) is 3. The predicted molar refractivity (Wildman–Crippen MR) is 107 cm³/mol. The minimum absolute atomic E-state index is 0.0450. The van der Waals surface area contributed by atoms with Gasteiger partial charge >= 0.3 is 0 Å². The third-order valence-electron chi connectivity index (χ3n) is 5.27. The standard InChI is InChI=1S/C22H17FN4O2/c23-17-11-18-13(6-8-27(18)14-4-2-1-3-5-14)10-16(17)15-7-9-29-22-19(20(15)28)21(24)25-12-26-22/h1-6,8,10-12,15H,7,9H2,(H2,24,25,26). The van der Waals surface area contributed by atoms with Crippen molar-refractivity contribution in [2.24, 2.45) is 0 Å². The molecule has 0 spiro atoms. The maximum absolute atomic E-state index is 15.2. The number of ether oxygens (including phenoxy) is 1. The normalized spacial score (nSPS) is 16.3. The van der Waals surface area contributed by atoms with Gasteiger partial charge < -0.3 is 15.0 Å². The van der Waals surface area contributed by atoms with Crippen LogP contribution < -0.4 is 10.5 Å². The van der Waals surface area contributed by atoms with Crippen molar-refractivity contribution < 1.29 is 13.9 Å². The topological polar surface area (TPSA) is 83.0 Å². The molecule has 1 aliphatic rings. The Bertz CT molecular complexity index is 1240. The Balaban J connectivity index is 1.61. The number of aromatic nitrogens is 3. The molecule has 5 rings (SSSR count). The number of carbonyl (C=O) groups excluding carboxylic acids is 1. The Kier molecular flexibility index (Phi) is 4.01. The quantitative estimate of drug-likeness (QED) is 0.563. The van der Waals surface area contributed by atoms with Gasteiger partial charge in [0.2, 0.25) is 5.88 Å². The molecule has 2 aromatic carbocycles. The number of hydrogen-bond acceptors (Lipinski definition) is 5. The van der Waals surface area contributed by atoms with Gasteiger partial charge in [-0.2, -0.15) is 0 Å². The van der Waals surface area contributed by atoms with E-state index < -0.39 is 11.7 Å². The number of benzene rings is 2. The van der Waals surface area contributed by atoms with Crippen LogP contribution >= 0.6 is 0 Å². The van der Waals surface area contributed by atoms with E-state index in [2.05, 4.69) is 9.97 Å². The summed E-state index contributed by atoms with van der Waals surface area (Å²) in [6.07, 6.45) is 3.47. The van der Waals surface area contributed by atoms with Gasteiger partial charge in [0, 0.05) is 17.3 Å². The van der Waals surface area contributed by atoms with E-state index >= 15 is 4.39 Å². The highest BCUT2D eigenvalue weighted by molar-refractivity contribution is 6.06. The van der Waals surface area contributed by atoms with Crippen molar-refractivity contribution in [1.82, 2.24) is 14.5 Å². The van der Waals surface area contributed by atoms with Gasteiger partial charge in [0.25, 0.3) is 0 Å². The lowest BCUT2D eigenvalue weighted by Gasteiger charge is -2.15. The van der Waals surface area contributed by atoms with Crippen molar-refractivity contribution >= 4 is 22.5 Å². The zero-order valence-corrected chi connectivity index (χ0v) is 15.4. The first-order valence-corrected chi connectivity index (χ1v) is 9.27. The van der Waals surface area contributed by atoms with Crippen LogP contribution in [0.5, 0.6) is 5.88 Å². The summed E-state index contributed by atoms with van der Waals surface area (Å²) in [6.45, 7) is 0.238. The van der Waals surface area contributed by atoms with Crippen molar-refractivity contribution in [3.8, 4) is 11.6 Å². The number of nitrogen functional groups attached to an aromatic ring is 1. The van der Waals surface area contributed by atoms with Crippen molar-refractivity contribution in [3.63, 3.8) is 0 Å². The molecule has 0 amide bonds. The smallest absolute Gasteiger partial charge is 0.229 e. The van der Waals surface area contributed by atoms with Crippen molar-refractivity contribution in [1.29, 1.82) is 0 Å². The van der Waals surface area contributed by atoms with Gasteiger partial charge in [-0.15, -0.1) is 0 Å². The van der Waals surface area contributed by atoms with Crippen LogP contribution in [0, 0.1) is 5.82 Å². The number of Topliss-reactive ketones (excluding diaryl/α,β-unsaturated/α-hetero) is 1. The first-order valence-electron chi connectivity index (χ1n) is 9.27. The number of ketones is 1. The van der Waals surface area contributed by atoms with Crippen LogP contribution in [-0.2, 0) is 0 Å². The summed E-state index contributed by atoms with van der Waals surface area (Å²) in [4.78, 5) is 21.0. The number of hydrogen-bond donors (Lipinski definition) is 1. The Morgan fingerprint density at radius 2 is 1.97 bits per heavy atom. The molecule has 0 saturated carbocycles. The van der Waals surface area contributed by atoms with Crippen LogP contribution in [0.1, 0.15) is 28.3 Å². The minimum atomic E-state index is -0.714. The van der Waals surface area contributed by atoms with Gasteiger partial charge in [0.15, 0.2) is 5.78 Å². The highest BCUT2D eigenvalue weighted by atomic mass is 19.1. The lowest BCUT2D eigenvalue weighted by Crippen LogP contribution is -2.16. The number of halogens is 1. The van der Waals surface area contributed by atoms with Crippen molar-refractivity contribution in [3.05, 3.63) is 78.0 Å². The minimum Gasteiger partial charge on any atom is -0.477 e. The molecule has 1 unspecified atom stereocenters. The van der Waals surface area contributed by atoms with Gasteiger partial charge in [-0.1, -0.05) is 18.2 Å². The molecule has 144 valence electrons. The number of rotatable bonds is 2. The summed E-state index contributed by atoms with van der Waals surface area (Å²) >= 11 is 0. The fourth-order valence-corrected chi connectivity index (χ4v) is 3.85. The molecular formula is C22H17FN4O2. The molecule has 29 heavy (non-hydrogen) atoms. The monoisotopic (exact) mass is 388 g/mol. The first kappa shape index (κ1) is 17.4. The second kappa shape index (κ2) is 6.70. The van der Waals surface area contributed by atoms with Gasteiger partial charge in [-0.25, -0.2) is 14.4 Å². The zero-order chi connectivity index (χ0) is 20.0. The summed E-state index contributed by atoms with van der Waals surface area (Å²) in [5.41, 5.74) is 8.01. The second-order valence-electron chi connectivity index (χ2n) is 6.95. The summed E-state index contributed by atoms with van der Waals surface area (Å²) in [5.74, 6) is -1.28. The fraction of sp³-hybridized carbons (Fsp3) is 0.136. The lowest BCUT2D eigenvalue weighted by atomic mass is 9.88. The maximum Gasteiger partial charge on any atom is 0.229 e. The molecule has 2 aromatic heterocycles. The van der Waals surface area contributed by atoms with E-state index in [1.165, 1.54) is 12.4 Å². The molecule has 6 nitrogen and oxygen atoms in total. The van der Waals surface area contributed by atoms with E-state index in [9.17, 15) is 4.79 Å². The third-order valence-corrected chi connectivity index (χ3v) is 5.27. The average molecular weight is 388 g/mol. The molecule has 3 heterocycles. The van der Waals surface area contributed by atoms with Gasteiger partial charge in [0.05, 0.1) is 18.0 Å². The van der Waals surface area contributed by atoms with E-state index in [4.69, 9.17) is 10.5 Å².